The molecule has 0 atom stereocenters. The van der Waals surface area contributed by atoms with Crippen molar-refractivity contribution < 1.29 is 4.39 Å². The van der Waals surface area contributed by atoms with Gasteiger partial charge in [-0.05, 0) is 68.6 Å². The van der Waals surface area contributed by atoms with Crippen molar-refractivity contribution in [2.24, 2.45) is 5.73 Å². The minimum absolute atomic E-state index is 0.188. The Labute approximate surface area is 129 Å². The van der Waals surface area contributed by atoms with E-state index >= 15 is 0 Å². The van der Waals surface area contributed by atoms with Crippen molar-refractivity contribution in [1.29, 1.82) is 0 Å². The number of aromatic nitrogens is 2. The second-order valence-electron chi connectivity index (χ2n) is 5.70. The van der Waals surface area contributed by atoms with E-state index < -0.39 is 0 Å². The Morgan fingerprint density at radius 3 is 2.73 bits per heavy atom. The predicted molar refractivity (Wildman–Crippen MR) is 87.4 cm³/mol. The zero-order valence-corrected chi connectivity index (χ0v) is 12.9. The number of aryl methyl sites for hydroxylation is 3. The van der Waals surface area contributed by atoms with E-state index in [1.54, 1.807) is 13.0 Å². The molecule has 0 saturated heterocycles. The summed E-state index contributed by atoms with van der Waals surface area (Å²) in [6.07, 6.45) is 3.84. The molecule has 4 heteroatoms. The lowest BCUT2D eigenvalue weighted by Gasteiger charge is -2.06. The number of hydrogen-bond donors (Lipinski definition) is 1. The first-order valence-electron chi connectivity index (χ1n) is 7.54. The molecule has 3 aromatic rings. The van der Waals surface area contributed by atoms with Crippen molar-refractivity contribution >= 4 is 5.65 Å². The van der Waals surface area contributed by atoms with E-state index in [4.69, 9.17) is 10.7 Å². The summed E-state index contributed by atoms with van der Waals surface area (Å²) in [5, 5.41) is 0. The average Bonchev–Trinajstić information content (AvgIpc) is 2.85. The summed E-state index contributed by atoms with van der Waals surface area (Å²) in [7, 11) is 0. The summed E-state index contributed by atoms with van der Waals surface area (Å²) in [5.41, 5.74) is 11.4. The molecule has 0 saturated carbocycles. The van der Waals surface area contributed by atoms with Crippen molar-refractivity contribution in [3.05, 3.63) is 59.2 Å². The summed E-state index contributed by atoms with van der Waals surface area (Å²) < 4.78 is 15.7. The van der Waals surface area contributed by atoms with Gasteiger partial charge in [0.15, 0.2) is 0 Å². The fourth-order valence-electron chi connectivity index (χ4n) is 2.73. The van der Waals surface area contributed by atoms with E-state index in [0.29, 0.717) is 12.1 Å². The largest absolute Gasteiger partial charge is 0.330 e. The van der Waals surface area contributed by atoms with Crippen LogP contribution in [-0.4, -0.2) is 15.9 Å². The highest BCUT2D eigenvalue weighted by molar-refractivity contribution is 5.67. The van der Waals surface area contributed by atoms with Crippen LogP contribution in [0.1, 0.15) is 23.2 Å². The third kappa shape index (κ3) is 2.62. The third-order valence-electron chi connectivity index (χ3n) is 3.91. The van der Waals surface area contributed by atoms with E-state index in [-0.39, 0.29) is 5.82 Å². The maximum atomic E-state index is 13.5. The monoisotopic (exact) mass is 297 g/mol. The van der Waals surface area contributed by atoms with Gasteiger partial charge in [-0.1, -0.05) is 6.07 Å². The molecular formula is C18H20FN3. The van der Waals surface area contributed by atoms with Crippen molar-refractivity contribution in [1.82, 2.24) is 9.38 Å². The Hall–Kier alpha value is -2.20. The summed E-state index contributed by atoms with van der Waals surface area (Å²) in [5.74, 6) is -0.188. The minimum atomic E-state index is -0.188. The maximum Gasteiger partial charge on any atom is 0.137 e. The van der Waals surface area contributed by atoms with E-state index in [1.807, 2.05) is 12.1 Å². The quantitative estimate of drug-likeness (QED) is 0.799. The van der Waals surface area contributed by atoms with Gasteiger partial charge in [-0.2, -0.15) is 0 Å². The Kier molecular flexibility index (Phi) is 3.94. The molecule has 0 unspecified atom stereocenters. The van der Waals surface area contributed by atoms with Gasteiger partial charge in [0.05, 0.1) is 11.4 Å². The molecule has 0 aliphatic carbocycles. The first-order chi connectivity index (χ1) is 10.6. The smallest absolute Gasteiger partial charge is 0.137 e. The van der Waals surface area contributed by atoms with Crippen molar-refractivity contribution in [3.63, 3.8) is 0 Å². The van der Waals surface area contributed by atoms with E-state index in [9.17, 15) is 4.39 Å². The number of hydrogen-bond acceptors (Lipinski definition) is 2. The van der Waals surface area contributed by atoms with Crippen LogP contribution < -0.4 is 5.73 Å². The Morgan fingerprint density at radius 2 is 2.00 bits per heavy atom. The van der Waals surface area contributed by atoms with E-state index in [2.05, 4.69) is 23.6 Å². The fraction of sp³-hybridized carbons (Fsp3) is 0.278. The number of rotatable bonds is 4. The van der Waals surface area contributed by atoms with Crippen LogP contribution in [0.25, 0.3) is 16.9 Å². The summed E-state index contributed by atoms with van der Waals surface area (Å²) in [6.45, 7) is 4.48. The molecule has 3 nitrogen and oxygen atoms in total. The normalized spacial score (nSPS) is 11.3. The van der Waals surface area contributed by atoms with Gasteiger partial charge >= 0.3 is 0 Å². The Bertz CT molecular complexity index is 821. The lowest BCUT2D eigenvalue weighted by atomic mass is 10.0. The SMILES string of the molecule is Cc1ccc2nc(-c3ccc(F)c(C)c3)c(CCCN)n2c1. The topological polar surface area (TPSA) is 43.3 Å². The second-order valence-corrected chi connectivity index (χ2v) is 5.70. The number of benzene rings is 1. The molecule has 0 spiro atoms. The number of nitrogens with two attached hydrogens (primary N) is 1. The lowest BCUT2D eigenvalue weighted by molar-refractivity contribution is 0.618. The third-order valence-corrected chi connectivity index (χ3v) is 3.91. The summed E-state index contributed by atoms with van der Waals surface area (Å²) in [6, 6.07) is 9.22. The molecular weight excluding hydrogens is 277 g/mol. The van der Waals surface area contributed by atoms with Crippen molar-refractivity contribution in [2.75, 3.05) is 6.54 Å². The molecule has 2 heterocycles. The molecule has 3 rings (SSSR count). The molecule has 0 aliphatic rings. The molecule has 1 aromatic carbocycles. The number of fused-ring (bicyclic) bond motifs is 1. The van der Waals surface area contributed by atoms with Crippen LogP contribution >= 0.6 is 0 Å². The fourth-order valence-corrected chi connectivity index (χ4v) is 2.73. The standard InChI is InChI=1S/C18H20FN3/c1-12-5-8-17-21-18(14-6-7-15(19)13(2)10-14)16(4-3-9-20)22(17)11-12/h5-8,10-11H,3-4,9,20H2,1-2H3. The highest BCUT2D eigenvalue weighted by Gasteiger charge is 2.14. The van der Waals surface area contributed by atoms with Gasteiger partial charge in [-0.15, -0.1) is 0 Å². The molecule has 2 N–H and O–H groups in total. The summed E-state index contributed by atoms with van der Waals surface area (Å²) in [4.78, 5) is 4.75. The van der Waals surface area contributed by atoms with Gasteiger partial charge in [-0.25, -0.2) is 9.37 Å². The predicted octanol–water partition coefficient (Wildman–Crippen LogP) is 3.65. The van der Waals surface area contributed by atoms with Crippen LogP contribution in [0.4, 0.5) is 4.39 Å². The highest BCUT2D eigenvalue weighted by atomic mass is 19.1. The van der Waals surface area contributed by atoms with Crippen LogP contribution in [0.2, 0.25) is 0 Å². The second kappa shape index (κ2) is 5.89. The first kappa shape index (κ1) is 14.7. The Balaban J connectivity index is 2.20. The minimum Gasteiger partial charge on any atom is -0.330 e. The van der Waals surface area contributed by atoms with Crippen molar-refractivity contribution in [2.45, 2.75) is 26.7 Å². The Morgan fingerprint density at radius 1 is 1.18 bits per heavy atom. The number of halogens is 1. The van der Waals surface area contributed by atoms with E-state index in [1.165, 1.54) is 11.6 Å². The van der Waals surface area contributed by atoms with Crippen LogP contribution in [0, 0.1) is 19.7 Å². The highest BCUT2D eigenvalue weighted by Crippen LogP contribution is 2.27. The van der Waals surface area contributed by atoms with Gasteiger partial charge in [-0.3, -0.25) is 0 Å². The maximum absolute atomic E-state index is 13.5. The van der Waals surface area contributed by atoms with Crippen LogP contribution in [0.5, 0.6) is 0 Å². The zero-order valence-electron chi connectivity index (χ0n) is 12.9. The molecule has 0 aliphatic heterocycles. The zero-order chi connectivity index (χ0) is 15.7. The van der Waals surface area contributed by atoms with Crippen LogP contribution in [0.3, 0.4) is 0 Å². The van der Waals surface area contributed by atoms with Gasteiger partial charge in [0.1, 0.15) is 11.5 Å². The first-order valence-corrected chi connectivity index (χ1v) is 7.54. The van der Waals surface area contributed by atoms with Crippen LogP contribution in [-0.2, 0) is 6.42 Å². The van der Waals surface area contributed by atoms with Gasteiger partial charge in [0, 0.05) is 11.8 Å². The molecule has 0 radical (unpaired) electrons. The van der Waals surface area contributed by atoms with Crippen molar-refractivity contribution in [3.8, 4) is 11.3 Å². The number of imidazole rings is 1. The van der Waals surface area contributed by atoms with E-state index in [0.717, 1.165) is 35.4 Å². The molecule has 2 aromatic heterocycles. The number of pyridine rings is 1. The molecule has 0 fully saturated rings. The molecule has 0 amide bonds. The van der Waals surface area contributed by atoms with Gasteiger partial charge in [0.2, 0.25) is 0 Å². The van der Waals surface area contributed by atoms with Gasteiger partial charge < -0.3 is 10.1 Å². The summed E-state index contributed by atoms with van der Waals surface area (Å²) >= 11 is 0. The number of nitrogens with zero attached hydrogens (tertiary/aromatic N) is 2. The average molecular weight is 297 g/mol. The lowest BCUT2D eigenvalue weighted by Crippen LogP contribution is -2.03. The van der Waals surface area contributed by atoms with Crippen LogP contribution in [0.15, 0.2) is 36.5 Å². The molecule has 0 bridgehead atoms. The molecule has 114 valence electrons. The molecule has 22 heavy (non-hydrogen) atoms. The van der Waals surface area contributed by atoms with Gasteiger partial charge in [0.25, 0.3) is 0 Å².